The van der Waals surface area contributed by atoms with Gasteiger partial charge in [-0.1, -0.05) is 0 Å². The van der Waals surface area contributed by atoms with Crippen molar-refractivity contribution >= 4 is 20.0 Å². The molecular weight excluding hydrogens is 343 g/mol. The van der Waals surface area contributed by atoms with Gasteiger partial charge in [0.15, 0.2) is 6.16 Å². The summed E-state index contributed by atoms with van der Waals surface area (Å²) in [5, 5.41) is 0. The number of esters is 2. The molecule has 2 unspecified atom stereocenters. The van der Waals surface area contributed by atoms with Crippen LogP contribution in [0, 0.1) is 5.92 Å². The molecule has 0 saturated carbocycles. The number of carbonyl (C=O) groups is 2. The molecule has 0 heterocycles. The third-order valence-corrected chi connectivity index (χ3v) is 4.09. The molecule has 7 heteroatoms. The highest BCUT2D eigenvalue weighted by Crippen LogP contribution is 2.34. The molecule has 0 spiro atoms. The maximum Gasteiger partial charge on any atom is 0.509 e. The van der Waals surface area contributed by atoms with Crippen molar-refractivity contribution in [2.45, 2.75) is 92.0 Å². The molecule has 6 nitrogen and oxygen atoms in total. The SMILES string of the molecule is CC(C)(C)OC(=O)CCC(C[P+](=O)OC(C)(C)C)C(=O)OC(C)(C)C. The van der Waals surface area contributed by atoms with Gasteiger partial charge in [0.1, 0.15) is 22.7 Å². The molecule has 0 aromatic heterocycles. The first-order valence-electron chi connectivity index (χ1n) is 8.57. The Hall–Kier alpha value is -1.00. The Morgan fingerprint density at radius 2 is 1.32 bits per heavy atom. The van der Waals surface area contributed by atoms with Crippen molar-refractivity contribution in [3.05, 3.63) is 0 Å². The van der Waals surface area contributed by atoms with Gasteiger partial charge in [-0.25, -0.2) is 0 Å². The summed E-state index contributed by atoms with van der Waals surface area (Å²) >= 11 is 0. The van der Waals surface area contributed by atoms with Crippen molar-refractivity contribution < 1.29 is 28.2 Å². The Bertz CT molecular complexity index is 479. The van der Waals surface area contributed by atoms with E-state index in [0.29, 0.717) is 0 Å². The third-order valence-electron chi connectivity index (χ3n) is 2.60. The molecule has 0 saturated heterocycles. The van der Waals surface area contributed by atoms with E-state index in [0.717, 1.165) is 0 Å². The van der Waals surface area contributed by atoms with Gasteiger partial charge in [0.2, 0.25) is 0 Å². The zero-order valence-electron chi connectivity index (χ0n) is 17.1. The molecule has 0 rings (SSSR count). The molecule has 146 valence electrons. The summed E-state index contributed by atoms with van der Waals surface area (Å²) in [6.45, 7) is 16.0. The van der Waals surface area contributed by atoms with Crippen LogP contribution in [0.1, 0.15) is 75.2 Å². The van der Waals surface area contributed by atoms with Gasteiger partial charge in [0.25, 0.3) is 0 Å². The second-order valence-corrected chi connectivity index (χ2v) is 10.3. The van der Waals surface area contributed by atoms with Crippen LogP contribution in [0.2, 0.25) is 0 Å². The molecule has 25 heavy (non-hydrogen) atoms. The fourth-order valence-corrected chi connectivity index (χ4v) is 3.25. The number of hydrogen-bond donors (Lipinski definition) is 0. The van der Waals surface area contributed by atoms with Gasteiger partial charge >= 0.3 is 20.0 Å². The first-order chi connectivity index (χ1) is 11.0. The molecule has 0 N–H and O–H groups in total. The summed E-state index contributed by atoms with van der Waals surface area (Å²) in [5.74, 6) is -1.55. The van der Waals surface area contributed by atoms with Gasteiger partial charge in [0, 0.05) is 6.42 Å². The monoisotopic (exact) mass is 377 g/mol. The second-order valence-electron chi connectivity index (χ2n) is 9.07. The zero-order chi connectivity index (χ0) is 20.1. The summed E-state index contributed by atoms with van der Waals surface area (Å²) in [5.41, 5.74) is -1.81. The van der Waals surface area contributed by atoms with Gasteiger partial charge in [-0.05, 0) is 73.3 Å². The normalized spacial score (nSPS) is 14.7. The van der Waals surface area contributed by atoms with E-state index in [9.17, 15) is 14.2 Å². The Morgan fingerprint density at radius 1 is 0.840 bits per heavy atom. The maximum atomic E-state index is 12.4. The number of ether oxygens (including phenoxy) is 2. The van der Waals surface area contributed by atoms with E-state index in [1.165, 1.54) is 0 Å². The summed E-state index contributed by atoms with van der Waals surface area (Å²) < 4.78 is 28.3. The molecule has 2 atom stereocenters. The molecule has 0 fully saturated rings. The van der Waals surface area contributed by atoms with Crippen LogP contribution in [0.5, 0.6) is 0 Å². The summed E-state index contributed by atoms with van der Waals surface area (Å²) in [6.07, 6.45) is 0.280. The van der Waals surface area contributed by atoms with Crippen molar-refractivity contribution in [3.8, 4) is 0 Å². The minimum absolute atomic E-state index is 0.0182. The van der Waals surface area contributed by atoms with Gasteiger partial charge < -0.3 is 9.47 Å². The molecule has 0 amide bonds. The highest BCUT2D eigenvalue weighted by Gasteiger charge is 2.37. The fraction of sp³-hybridized carbons (Fsp3) is 0.889. The van der Waals surface area contributed by atoms with Crippen LogP contribution in [0.3, 0.4) is 0 Å². The molecule has 0 bridgehead atoms. The smallest absolute Gasteiger partial charge is 0.460 e. The Morgan fingerprint density at radius 3 is 1.72 bits per heavy atom. The average Bonchev–Trinajstić information content (AvgIpc) is 2.27. The van der Waals surface area contributed by atoms with Crippen LogP contribution < -0.4 is 0 Å². The maximum absolute atomic E-state index is 12.4. The standard InChI is InChI=1S/C18H34O6P/c1-16(2,3)22-14(19)11-10-13(15(20)23-17(4,5)6)12-25(21)24-18(7,8)9/h13H,10-12H2,1-9H3/q+1. The largest absolute Gasteiger partial charge is 0.509 e. The number of rotatable bonds is 7. The summed E-state index contributed by atoms with van der Waals surface area (Å²) in [7, 11) is -2.04. The lowest BCUT2D eigenvalue weighted by atomic mass is 10.0. The number of hydrogen-bond acceptors (Lipinski definition) is 6. The van der Waals surface area contributed by atoms with E-state index in [4.69, 9.17) is 14.0 Å². The highest BCUT2D eigenvalue weighted by atomic mass is 31.1. The van der Waals surface area contributed by atoms with E-state index in [1.54, 1.807) is 62.3 Å². The van der Waals surface area contributed by atoms with Crippen LogP contribution in [0.15, 0.2) is 0 Å². The average molecular weight is 377 g/mol. The predicted molar refractivity (Wildman–Crippen MR) is 97.7 cm³/mol. The molecular formula is C18H34O6P+. The van der Waals surface area contributed by atoms with E-state index in [-0.39, 0.29) is 19.0 Å². The lowest BCUT2D eigenvalue weighted by Gasteiger charge is -2.23. The highest BCUT2D eigenvalue weighted by molar-refractivity contribution is 7.39. The topological polar surface area (TPSA) is 78.9 Å². The van der Waals surface area contributed by atoms with Crippen LogP contribution >= 0.6 is 8.03 Å². The van der Waals surface area contributed by atoms with Crippen LogP contribution in [-0.2, 0) is 28.2 Å². The Balaban J connectivity index is 4.93. The lowest BCUT2D eigenvalue weighted by molar-refractivity contribution is -0.160. The second kappa shape index (κ2) is 9.09. The quantitative estimate of drug-likeness (QED) is 0.476. The van der Waals surface area contributed by atoms with Crippen molar-refractivity contribution in [3.63, 3.8) is 0 Å². The fourth-order valence-electron chi connectivity index (χ4n) is 1.88. The molecule has 0 aliphatic rings. The van der Waals surface area contributed by atoms with Crippen molar-refractivity contribution in [1.82, 2.24) is 0 Å². The lowest BCUT2D eigenvalue weighted by Crippen LogP contribution is -2.31. The third kappa shape index (κ3) is 13.9. The van der Waals surface area contributed by atoms with Gasteiger partial charge in [-0.2, -0.15) is 0 Å². The van der Waals surface area contributed by atoms with E-state index in [2.05, 4.69) is 0 Å². The van der Waals surface area contributed by atoms with Crippen LogP contribution in [0.25, 0.3) is 0 Å². The van der Waals surface area contributed by atoms with Crippen LogP contribution in [0.4, 0.5) is 0 Å². The van der Waals surface area contributed by atoms with Gasteiger partial charge in [-0.15, -0.1) is 4.52 Å². The molecule has 0 radical (unpaired) electrons. The first kappa shape index (κ1) is 24.0. The van der Waals surface area contributed by atoms with Crippen molar-refractivity contribution in [2.24, 2.45) is 5.92 Å². The first-order valence-corrected chi connectivity index (χ1v) is 9.93. The van der Waals surface area contributed by atoms with Crippen LogP contribution in [-0.4, -0.2) is 34.9 Å². The van der Waals surface area contributed by atoms with Gasteiger partial charge in [0.05, 0.1) is 0 Å². The summed E-state index contributed by atoms with van der Waals surface area (Å²) in [6, 6.07) is 0. The van der Waals surface area contributed by atoms with Crippen molar-refractivity contribution in [2.75, 3.05) is 6.16 Å². The Kier molecular flexibility index (Phi) is 8.72. The van der Waals surface area contributed by atoms with E-state index in [1.807, 2.05) is 0 Å². The van der Waals surface area contributed by atoms with Gasteiger partial charge in [-0.3, -0.25) is 9.59 Å². The Labute approximate surface area is 152 Å². The molecule has 0 aromatic carbocycles. The predicted octanol–water partition coefficient (Wildman–Crippen LogP) is 4.62. The summed E-state index contributed by atoms with van der Waals surface area (Å²) in [4.78, 5) is 24.3. The molecule has 0 aromatic rings. The zero-order valence-corrected chi connectivity index (χ0v) is 18.0. The molecule has 0 aliphatic heterocycles. The number of carbonyl (C=O) groups excluding carboxylic acids is 2. The molecule has 0 aliphatic carbocycles. The minimum atomic E-state index is -2.04. The minimum Gasteiger partial charge on any atom is -0.460 e. The van der Waals surface area contributed by atoms with E-state index >= 15 is 0 Å². The van der Waals surface area contributed by atoms with Crippen molar-refractivity contribution in [1.29, 1.82) is 0 Å². The van der Waals surface area contributed by atoms with E-state index < -0.39 is 42.7 Å².